The van der Waals surface area contributed by atoms with Crippen molar-refractivity contribution in [2.24, 2.45) is 0 Å². The van der Waals surface area contributed by atoms with Crippen molar-refractivity contribution in [3.63, 3.8) is 0 Å². The van der Waals surface area contributed by atoms with Gasteiger partial charge in [0.05, 0.1) is 6.61 Å². The van der Waals surface area contributed by atoms with Crippen LogP contribution >= 0.6 is 23.0 Å². The summed E-state index contributed by atoms with van der Waals surface area (Å²) in [5.41, 5.74) is 0. The summed E-state index contributed by atoms with van der Waals surface area (Å²) in [5.74, 6) is 1.49. The molecule has 1 aromatic rings. The highest BCUT2D eigenvalue weighted by molar-refractivity contribution is 14.1. The third kappa shape index (κ3) is 2.86. The molecule has 0 aliphatic heterocycles. The molecule has 0 aliphatic rings. The van der Waals surface area contributed by atoms with Crippen molar-refractivity contribution in [3.05, 3.63) is 24.3 Å². The molecule has 1 aromatic carbocycles. The normalized spacial score (nSPS) is 9.50. The molecule has 0 radical (unpaired) electrons. The number of benzene rings is 1. The highest BCUT2D eigenvalue weighted by atomic mass is 127. The van der Waals surface area contributed by atoms with Crippen molar-refractivity contribution in [2.45, 2.75) is 6.92 Å². The van der Waals surface area contributed by atoms with Crippen LogP contribution in [-0.2, 0) is 3.22 Å². The van der Waals surface area contributed by atoms with Gasteiger partial charge in [-0.2, -0.15) is 0 Å². The number of hydrogen-bond acceptors (Lipinski definition) is 3. The first-order valence-corrected chi connectivity index (χ1v) is 4.43. The summed E-state index contributed by atoms with van der Waals surface area (Å²) < 4.78 is 9.70. The molecular weight excluding hydrogens is 271 g/mol. The fraction of sp³-hybridized carbons (Fsp3) is 0.250. The quantitative estimate of drug-likeness (QED) is 0.482. The number of halogens is 1. The minimum Gasteiger partial charge on any atom is -0.494 e. The zero-order valence-electron chi connectivity index (χ0n) is 6.62. The van der Waals surface area contributed by atoms with Gasteiger partial charge in [-0.15, -0.1) is 3.22 Å². The van der Waals surface area contributed by atoms with E-state index in [1.165, 1.54) is 0 Å². The molecule has 12 heavy (non-hydrogen) atoms. The highest BCUT2D eigenvalue weighted by Gasteiger charge is 1.94. The molecule has 0 saturated carbocycles. The number of hydrogen-bond donors (Lipinski definition) is 0. The van der Waals surface area contributed by atoms with Crippen LogP contribution in [0.15, 0.2) is 24.3 Å². The molecule has 0 spiro atoms. The van der Waals surface area contributed by atoms with Crippen molar-refractivity contribution >= 4 is 23.0 Å². The Balaban J connectivity index is 2.58. The van der Waals surface area contributed by atoms with E-state index in [0.29, 0.717) is 12.4 Å². The summed E-state index contributed by atoms with van der Waals surface area (Å²) >= 11 is 1.66. The third-order valence-corrected chi connectivity index (χ3v) is 1.44. The SMILES string of the molecule is CCOc1ccc(OOI)cc1. The summed E-state index contributed by atoms with van der Waals surface area (Å²) in [5, 5.41) is 0. The van der Waals surface area contributed by atoms with E-state index in [4.69, 9.17) is 9.62 Å². The van der Waals surface area contributed by atoms with Crippen LogP contribution in [0.3, 0.4) is 0 Å². The molecule has 0 fully saturated rings. The van der Waals surface area contributed by atoms with Gasteiger partial charge in [0.1, 0.15) is 5.75 Å². The molecule has 66 valence electrons. The van der Waals surface area contributed by atoms with E-state index in [2.05, 4.69) is 3.22 Å². The van der Waals surface area contributed by atoms with Gasteiger partial charge in [-0.05, 0) is 31.2 Å². The predicted octanol–water partition coefficient (Wildman–Crippen LogP) is 2.75. The van der Waals surface area contributed by atoms with Crippen LogP contribution in [0.2, 0.25) is 0 Å². The van der Waals surface area contributed by atoms with Gasteiger partial charge < -0.3 is 9.62 Å². The van der Waals surface area contributed by atoms with E-state index in [9.17, 15) is 0 Å². The topological polar surface area (TPSA) is 27.7 Å². The fourth-order valence-corrected chi connectivity index (χ4v) is 1.00. The fourth-order valence-electron chi connectivity index (χ4n) is 0.794. The maximum Gasteiger partial charge on any atom is 0.170 e. The summed E-state index contributed by atoms with van der Waals surface area (Å²) in [4.78, 5) is 4.77. The Labute approximate surface area is 85.2 Å². The van der Waals surface area contributed by atoms with Gasteiger partial charge in [0, 0.05) is 0 Å². The monoisotopic (exact) mass is 280 g/mol. The zero-order valence-corrected chi connectivity index (χ0v) is 8.78. The van der Waals surface area contributed by atoms with Crippen molar-refractivity contribution in [1.82, 2.24) is 0 Å². The summed E-state index contributed by atoms with van der Waals surface area (Å²) in [6.07, 6.45) is 0. The predicted molar refractivity (Wildman–Crippen MR) is 53.3 cm³/mol. The van der Waals surface area contributed by atoms with E-state index in [-0.39, 0.29) is 0 Å². The van der Waals surface area contributed by atoms with Crippen molar-refractivity contribution in [2.75, 3.05) is 6.61 Å². The van der Waals surface area contributed by atoms with Crippen LogP contribution in [-0.4, -0.2) is 6.61 Å². The molecule has 0 atom stereocenters. The first kappa shape index (κ1) is 9.60. The first-order chi connectivity index (χ1) is 5.86. The minimum absolute atomic E-state index is 0.660. The molecular formula is C8H9IO3. The lowest BCUT2D eigenvalue weighted by molar-refractivity contribution is -0.0472. The van der Waals surface area contributed by atoms with E-state index >= 15 is 0 Å². The Hall–Kier alpha value is -0.490. The van der Waals surface area contributed by atoms with E-state index in [1.807, 2.05) is 19.1 Å². The average molecular weight is 280 g/mol. The summed E-state index contributed by atoms with van der Waals surface area (Å²) in [6, 6.07) is 7.22. The van der Waals surface area contributed by atoms with Crippen molar-refractivity contribution in [1.29, 1.82) is 0 Å². The molecule has 3 nitrogen and oxygen atoms in total. The van der Waals surface area contributed by atoms with Crippen LogP contribution in [0, 0.1) is 0 Å². The molecule has 0 bridgehead atoms. The van der Waals surface area contributed by atoms with E-state index < -0.39 is 0 Å². The van der Waals surface area contributed by atoms with Gasteiger partial charge in [0.25, 0.3) is 0 Å². The third-order valence-electron chi connectivity index (χ3n) is 1.26. The molecule has 0 unspecified atom stereocenters. The maximum absolute atomic E-state index is 5.24. The molecule has 0 aliphatic carbocycles. The summed E-state index contributed by atoms with van der Waals surface area (Å²) in [6.45, 7) is 2.61. The second kappa shape index (κ2) is 5.21. The maximum atomic E-state index is 5.24. The van der Waals surface area contributed by atoms with Crippen LogP contribution in [0.25, 0.3) is 0 Å². The van der Waals surface area contributed by atoms with Crippen molar-refractivity contribution in [3.8, 4) is 11.5 Å². The molecule has 4 heteroatoms. The molecule has 0 aromatic heterocycles. The van der Waals surface area contributed by atoms with Crippen LogP contribution < -0.4 is 9.62 Å². The average Bonchev–Trinajstić information content (AvgIpc) is 2.09. The smallest absolute Gasteiger partial charge is 0.170 e. The van der Waals surface area contributed by atoms with Gasteiger partial charge in [-0.1, -0.05) is 0 Å². The standard InChI is InChI=1S/C8H9IO3/c1-2-10-7-3-5-8(6-4-7)11-12-9/h3-6H,2H2,1H3. The summed E-state index contributed by atoms with van der Waals surface area (Å²) in [7, 11) is 0. The number of rotatable bonds is 4. The van der Waals surface area contributed by atoms with Crippen LogP contribution in [0.1, 0.15) is 6.92 Å². The molecule has 1 rings (SSSR count). The Morgan fingerprint density at radius 1 is 1.17 bits per heavy atom. The largest absolute Gasteiger partial charge is 0.494 e. The Morgan fingerprint density at radius 2 is 1.75 bits per heavy atom. The lowest BCUT2D eigenvalue weighted by Crippen LogP contribution is -1.91. The lowest BCUT2D eigenvalue weighted by atomic mass is 10.3. The highest BCUT2D eigenvalue weighted by Crippen LogP contribution is 2.17. The van der Waals surface area contributed by atoms with Gasteiger partial charge in [0.2, 0.25) is 0 Å². The van der Waals surface area contributed by atoms with Crippen LogP contribution in [0.5, 0.6) is 11.5 Å². The Kier molecular flexibility index (Phi) is 4.16. The number of ether oxygens (including phenoxy) is 1. The molecule has 0 saturated heterocycles. The Morgan fingerprint density at radius 3 is 2.25 bits per heavy atom. The molecule has 0 heterocycles. The van der Waals surface area contributed by atoms with Gasteiger partial charge in [-0.25, -0.2) is 0 Å². The minimum atomic E-state index is 0.660. The van der Waals surface area contributed by atoms with E-state index in [0.717, 1.165) is 5.75 Å². The van der Waals surface area contributed by atoms with Crippen molar-refractivity contribution < 1.29 is 12.8 Å². The molecule has 0 amide bonds. The van der Waals surface area contributed by atoms with Crippen LogP contribution in [0.4, 0.5) is 0 Å². The second-order valence-electron chi connectivity index (χ2n) is 2.05. The lowest BCUT2D eigenvalue weighted by Gasteiger charge is -2.02. The first-order valence-electron chi connectivity index (χ1n) is 3.55. The second-order valence-corrected chi connectivity index (χ2v) is 2.41. The zero-order chi connectivity index (χ0) is 8.81. The molecule has 0 N–H and O–H groups in total. The Bertz CT molecular complexity index is 197. The van der Waals surface area contributed by atoms with Gasteiger partial charge in [0.15, 0.2) is 28.8 Å². The van der Waals surface area contributed by atoms with E-state index in [1.54, 1.807) is 35.1 Å². The van der Waals surface area contributed by atoms with Gasteiger partial charge >= 0.3 is 0 Å². The van der Waals surface area contributed by atoms with Gasteiger partial charge in [-0.3, -0.25) is 0 Å².